The van der Waals surface area contributed by atoms with Crippen LogP contribution >= 0.6 is 0 Å². The zero-order valence-electron chi connectivity index (χ0n) is 17.2. The van der Waals surface area contributed by atoms with Crippen LogP contribution in [0.4, 0.5) is 0 Å². The quantitative estimate of drug-likeness (QED) is 0.153. The van der Waals surface area contributed by atoms with Gasteiger partial charge < -0.3 is 42.1 Å². The number of aliphatic hydroxyl groups excluding tert-OH is 2. The molecule has 0 bridgehead atoms. The van der Waals surface area contributed by atoms with Crippen LogP contribution in [0.5, 0.6) is 0 Å². The standard InChI is InChI=1S/C17H30N4O9/c1-6(2)12(15(27)19-9(17(29)30)5-10(24)25)20-16(28)13(8(4)23)21-14(26)11(18)7(3)22/h6-9,11-13,22-23H,5,18H2,1-4H3,(H,19,27)(H,20,28)(H,21,26)(H,24,25)(H,29,30). The minimum absolute atomic E-state index is 0.557. The van der Waals surface area contributed by atoms with Gasteiger partial charge in [0.1, 0.15) is 24.2 Å². The van der Waals surface area contributed by atoms with Crippen LogP contribution in [-0.2, 0) is 24.0 Å². The second kappa shape index (κ2) is 12.0. The van der Waals surface area contributed by atoms with Crippen molar-refractivity contribution in [1.29, 1.82) is 0 Å². The third-order valence-electron chi connectivity index (χ3n) is 4.13. The fraction of sp³-hybridized carbons (Fsp3) is 0.706. The third kappa shape index (κ3) is 8.71. The van der Waals surface area contributed by atoms with Gasteiger partial charge in [-0.1, -0.05) is 13.8 Å². The van der Waals surface area contributed by atoms with Crippen molar-refractivity contribution in [3.63, 3.8) is 0 Å². The summed E-state index contributed by atoms with van der Waals surface area (Å²) in [6.07, 6.45) is -3.49. The highest BCUT2D eigenvalue weighted by atomic mass is 16.4. The van der Waals surface area contributed by atoms with E-state index in [0.717, 1.165) is 0 Å². The van der Waals surface area contributed by atoms with Crippen molar-refractivity contribution >= 4 is 29.7 Å². The topological polar surface area (TPSA) is 228 Å². The normalized spacial score (nSPS) is 17.1. The average molecular weight is 434 g/mol. The number of aliphatic hydroxyl groups is 2. The van der Waals surface area contributed by atoms with Crippen LogP contribution in [0.3, 0.4) is 0 Å². The van der Waals surface area contributed by atoms with Gasteiger partial charge in [-0.25, -0.2) is 4.79 Å². The molecule has 13 heteroatoms. The number of hydrogen-bond donors (Lipinski definition) is 8. The number of nitrogens with two attached hydrogens (primary N) is 1. The lowest BCUT2D eigenvalue weighted by molar-refractivity contribution is -0.147. The van der Waals surface area contributed by atoms with Gasteiger partial charge in [-0.15, -0.1) is 0 Å². The van der Waals surface area contributed by atoms with Crippen molar-refractivity contribution in [2.75, 3.05) is 0 Å². The van der Waals surface area contributed by atoms with Gasteiger partial charge in [-0.05, 0) is 19.8 Å². The molecule has 0 saturated heterocycles. The predicted octanol–water partition coefficient (Wildman–Crippen LogP) is -3.25. The van der Waals surface area contributed by atoms with Crippen molar-refractivity contribution in [2.24, 2.45) is 11.7 Å². The molecule has 0 spiro atoms. The number of rotatable bonds is 12. The molecule has 9 N–H and O–H groups in total. The number of carboxylic acids is 2. The molecule has 0 aromatic rings. The Morgan fingerprint density at radius 1 is 0.767 bits per heavy atom. The summed E-state index contributed by atoms with van der Waals surface area (Å²) in [6.45, 7) is 5.54. The number of nitrogens with one attached hydrogen (secondary N) is 3. The van der Waals surface area contributed by atoms with Crippen LogP contribution in [0, 0.1) is 5.92 Å². The van der Waals surface area contributed by atoms with E-state index in [0.29, 0.717) is 0 Å². The van der Waals surface area contributed by atoms with Gasteiger partial charge in [0.25, 0.3) is 0 Å². The molecule has 3 amide bonds. The van der Waals surface area contributed by atoms with Crippen molar-refractivity contribution < 1.29 is 44.4 Å². The highest BCUT2D eigenvalue weighted by Crippen LogP contribution is 2.06. The summed E-state index contributed by atoms with van der Waals surface area (Å²) in [7, 11) is 0. The van der Waals surface area contributed by atoms with E-state index >= 15 is 0 Å². The van der Waals surface area contributed by atoms with Gasteiger partial charge in [0.2, 0.25) is 17.7 Å². The number of carbonyl (C=O) groups excluding carboxylic acids is 3. The summed E-state index contributed by atoms with van der Waals surface area (Å²) in [5, 5.41) is 43.5. The Kier molecular flexibility index (Phi) is 10.9. The lowest BCUT2D eigenvalue weighted by atomic mass is 10.0. The molecule has 0 fully saturated rings. The Labute approximate surface area is 173 Å². The maximum absolute atomic E-state index is 12.5. The van der Waals surface area contributed by atoms with E-state index in [-0.39, 0.29) is 0 Å². The largest absolute Gasteiger partial charge is 0.481 e. The Bertz CT molecular complexity index is 651. The van der Waals surface area contributed by atoms with Crippen LogP contribution in [0.2, 0.25) is 0 Å². The van der Waals surface area contributed by atoms with Crippen LogP contribution in [-0.4, -0.2) is 86.5 Å². The van der Waals surface area contributed by atoms with Crippen LogP contribution in [0.1, 0.15) is 34.1 Å². The van der Waals surface area contributed by atoms with Crippen LogP contribution in [0.25, 0.3) is 0 Å². The van der Waals surface area contributed by atoms with E-state index in [9.17, 15) is 34.2 Å². The molecule has 0 aliphatic heterocycles. The molecule has 0 aliphatic rings. The lowest BCUT2D eigenvalue weighted by Gasteiger charge is -2.28. The Hall–Kier alpha value is -2.77. The average Bonchev–Trinajstić information content (AvgIpc) is 2.60. The smallest absolute Gasteiger partial charge is 0.326 e. The van der Waals surface area contributed by atoms with Crippen molar-refractivity contribution in [3.05, 3.63) is 0 Å². The molecular formula is C17H30N4O9. The molecule has 0 aromatic heterocycles. The van der Waals surface area contributed by atoms with Crippen molar-refractivity contribution in [3.8, 4) is 0 Å². The first-order valence-electron chi connectivity index (χ1n) is 9.16. The molecular weight excluding hydrogens is 404 g/mol. The van der Waals surface area contributed by atoms with E-state index in [1.54, 1.807) is 0 Å². The molecule has 0 aromatic carbocycles. The summed E-state index contributed by atoms with van der Waals surface area (Å²) < 4.78 is 0. The Balaban J connectivity index is 5.39. The first-order chi connectivity index (χ1) is 13.7. The highest BCUT2D eigenvalue weighted by Gasteiger charge is 2.34. The highest BCUT2D eigenvalue weighted by molar-refractivity contribution is 5.95. The molecule has 0 rings (SSSR count). The summed E-state index contributed by atoms with van der Waals surface area (Å²) in [5.41, 5.74) is 5.49. The zero-order valence-corrected chi connectivity index (χ0v) is 17.2. The number of aliphatic carboxylic acids is 2. The second-order valence-corrected chi connectivity index (χ2v) is 7.22. The van der Waals surface area contributed by atoms with Gasteiger partial charge in [-0.3, -0.25) is 19.2 Å². The molecule has 0 heterocycles. The molecule has 0 saturated carbocycles. The van der Waals surface area contributed by atoms with E-state index in [4.69, 9.17) is 15.9 Å². The molecule has 6 atom stereocenters. The zero-order chi connectivity index (χ0) is 23.8. The summed E-state index contributed by atoms with van der Waals surface area (Å²) >= 11 is 0. The Morgan fingerprint density at radius 2 is 1.23 bits per heavy atom. The van der Waals surface area contributed by atoms with Gasteiger partial charge in [0, 0.05) is 0 Å². The van der Waals surface area contributed by atoms with E-state index in [2.05, 4.69) is 10.6 Å². The number of carboxylic acid groups (broad SMARTS) is 2. The number of hydrogen-bond acceptors (Lipinski definition) is 8. The van der Waals surface area contributed by atoms with E-state index in [1.807, 2.05) is 5.32 Å². The summed E-state index contributed by atoms with van der Waals surface area (Å²) in [5.74, 6) is -6.40. The minimum atomic E-state index is -1.72. The van der Waals surface area contributed by atoms with E-state index in [1.165, 1.54) is 27.7 Å². The molecule has 0 radical (unpaired) electrons. The summed E-state index contributed by atoms with van der Waals surface area (Å²) in [6, 6.07) is -5.90. The molecule has 6 unspecified atom stereocenters. The predicted molar refractivity (Wildman–Crippen MR) is 102 cm³/mol. The first kappa shape index (κ1) is 27.2. The third-order valence-corrected chi connectivity index (χ3v) is 4.13. The Morgan fingerprint density at radius 3 is 1.60 bits per heavy atom. The van der Waals surface area contributed by atoms with Gasteiger partial charge >= 0.3 is 11.9 Å². The van der Waals surface area contributed by atoms with Crippen LogP contribution in [0.15, 0.2) is 0 Å². The van der Waals surface area contributed by atoms with Crippen molar-refractivity contribution in [2.45, 2.75) is 70.5 Å². The summed E-state index contributed by atoms with van der Waals surface area (Å²) in [4.78, 5) is 58.9. The van der Waals surface area contributed by atoms with Crippen LogP contribution < -0.4 is 21.7 Å². The molecule has 13 nitrogen and oxygen atoms in total. The lowest BCUT2D eigenvalue weighted by Crippen LogP contribution is -2.61. The minimum Gasteiger partial charge on any atom is -0.481 e. The molecule has 30 heavy (non-hydrogen) atoms. The molecule has 0 aliphatic carbocycles. The van der Waals surface area contributed by atoms with Gasteiger partial charge in [-0.2, -0.15) is 0 Å². The second-order valence-electron chi connectivity index (χ2n) is 7.22. The van der Waals surface area contributed by atoms with Gasteiger partial charge in [0.15, 0.2) is 0 Å². The van der Waals surface area contributed by atoms with Gasteiger partial charge in [0.05, 0.1) is 18.6 Å². The molecule has 172 valence electrons. The fourth-order valence-corrected chi connectivity index (χ4v) is 2.29. The SMILES string of the molecule is CC(C)C(NC(=O)C(NC(=O)C(N)C(C)O)C(C)O)C(=O)NC(CC(=O)O)C(=O)O. The van der Waals surface area contributed by atoms with E-state index < -0.39 is 78.4 Å². The fourth-order valence-electron chi connectivity index (χ4n) is 2.29. The monoisotopic (exact) mass is 434 g/mol. The number of carbonyl (C=O) groups is 5. The maximum Gasteiger partial charge on any atom is 0.326 e. The maximum atomic E-state index is 12.5. The first-order valence-corrected chi connectivity index (χ1v) is 9.16. The van der Waals surface area contributed by atoms with Crippen molar-refractivity contribution in [1.82, 2.24) is 16.0 Å². The number of amides is 3.